The van der Waals surface area contributed by atoms with Crippen LogP contribution in [-0.2, 0) is 16.6 Å². The minimum absolute atomic E-state index is 0.0615. The molecule has 0 bridgehead atoms. The Labute approximate surface area is 115 Å². The van der Waals surface area contributed by atoms with Gasteiger partial charge in [0.25, 0.3) is 0 Å². The number of nitrogens with one attached hydrogen (secondary N) is 1. The molecule has 1 aromatic carbocycles. The first kappa shape index (κ1) is 14.2. The average Bonchev–Trinajstić information content (AvgIpc) is 2.70. The quantitative estimate of drug-likeness (QED) is 0.915. The van der Waals surface area contributed by atoms with Crippen molar-refractivity contribution >= 4 is 31.6 Å². The lowest BCUT2D eigenvalue weighted by Crippen LogP contribution is -2.24. The van der Waals surface area contributed by atoms with Gasteiger partial charge in [0.2, 0.25) is 10.0 Å². The molecule has 104 valence electrons. The Bertz CT molecular complexity index is 744. The van der Waals surface area contributed by atoms with E-state index >= 15 is 0 Å². The number of benzene rings is 1. The van der Waals surface area contributed by atoms with Gasteiger partial charge in [-0.05, 0) is 31.5 Å². The number of aryl methyl sites for hydroxylation is 1. The monoisotopic (exact) mass is 300 g/mol. The third-order valence-electron chi connectivity index (χ3n) is 2.81. The van der Waals surface area contributed by atoms with Gasteiger partial charge in [-0.15, -0.1) is 0 Å². The predicted octanol–water partition coefficient (Wildman–Crippen LogP) is 1.77. The van der Waals surface area contributed by atoms with Crippen molar-refractivity contribution in [2.45, 2.75) is 31.7 Å². The molecule has 2 rings (SSSR count). The molecule has 0 radical (unpaired) electrons. The van der Waals surface area contributed by atoms with E-state index in [0.29, 0.717) is 17.8 Å². The second-order valence-electron chi connectivity index (χ2n) is 4.14. The molecule has 0 atom stereocenters. The first-order chi connectivity index (χ1) is 8.99. The first-order valence-electron chi connectivity index (χ1n) is 6.12. The molecule has 2 aromatic rings. The Hall–Kier alpha value is -1.18. The largest absolute Gasteiger partial charge is 0.308 e. The van der Waals surface area contributed by atoms with E-state index < -0.39 is 10.0 Å². The summed E-state index contributed by atoms with van der Waals surface area (Å²) in [5, 5.41) is 0. The van der Waals surface area contributed by atoms with Crippen molar-refractivity contribution in [3.63, 3.8) is 0 Å². The maximum atomic E-state index is 12.0. The van der Waals surface area contributed by atoms with E-state index in [0.717, 1.165) is 23.3 Å². The molecule has 0 aliphatic rings. The third kappa shape index (κ3) is 2.72. The van der Waals surface area contributed by atoms with Crippen LogP contribution in [0.4, 0.5) is 0 Å². The molecule has 0 saturated heterocycles. The van der Waals surface area contributed by atoms with Crippen LogP contribution in [-0.4, -0.2) is 19.5 Å². The van der Waals surface area contributed by atoms with Crippen LogP contribution in [0.15, 0.2) is 27.9 Å². The van der Waals surface area contributed by atoms with Crippen molar-refractivity contribution in [1.29, 1.82) is 0 Å². The van der Waals surface area contributed by atoms with Crippen LogP contribution < -0.4 is 9.60 Å². The summed E-state index contributed by atoms with van der Waals surface area (Å²) in [6.07, 6.45) is 0.737. The van der Waals surface area contributed by atoms with Gasteiger partial charge in [0.05, 0.1) is 15.1 Å². The fourth-order valence-electron chi connectivity index (χ4n) is 1.83. The molecule has 1 heterocycles. The molecule has 0 saturated carbocycles. The van der Waals surface area contributed by atoms with Gasteiger partial charge < -0.3 is 0 Å². The summed E-state index contributed by atoms with van der Waals surface area (Å²) in [7, 11) is -3.48. The lowest BCUT2D eigenvalue weighted by atomic mass is 10.3. The van der Waals surface area contributed by atoms with Gasteiger partial charge in [-0.25, -0.2) is 13.1 Å². The van der Waals surface area contributed by atoms with Crippen LogP contribution in [0.5, 0.6) is 0 Å². The lowest BCUT2D eigenvalue weighted by molar-refractivity contribution is 0.581. The zero-order valence-electron chi connectivity index (χ0n) is 10.8. The van der Waals surface area contributed by atoms with Gasteiger partial charge in [0, 0.05) is 13.1 Å². The van der Waals surface area contributed by atoms with E-state index in [2.05, 4.69) is 4.72 Å². The molecule has 0 spiro atoms. The van der Waals surface area contributed by atoms with Crippen LogP contribution in [0.25, 0.3) is 10.2 Å². The lowest BCUT2D eigenvalue weighted by Gasteiger charge is -2.05. The molecule has 0 unspecified atom stereocenters. The minimum Gasteiger partial charge on any atom is -0.299 e. The van der Waals surface area contributed by atoms with Crippen molar-refractivity contribution in [2.75, 3.05) is 6.54 Å². The number of sulfonamides is 1. The Kier molecular flexibility index (Phi) is 4.07. The van der Waals surface area contributed by atoms with E-state index in [4.69, 9.17) is 0 Å². The summed E-state index contributed by atoms with van der Waals surface area (Å²) in [6, 6.07) is 4.79. The standard InChI is InChI=1S/C12H16N2O3S2/c1-3-7-13-19(16,17)9-5-6-10-11(8-9)18-12(15)14(10)4-2/h5-6,8,13H,3-4,7H2,1-2H3. The number of rotatable bonds is 5. The van der Waals surface area contributed by atoms with Crippen molar-refractivity contribution in [2.24, 2.45) is 0 Å². The first-order valence-corrected chi connectivity index (χ1v) is 8.42. The predicted molar refractivity (Wildman–Crippen MR) is 77.2 cm³/mol. The molecule has 0 aliphatic carbocycles. The smallest absolute Gasteiger partial charge is 0.299 e. The Balaban J connectivity index is 2.51. The molecular weight excluding hydrogens is 284 g/mol. The highest BCUT2D eigenvalue weighted by molar-refractivity contribution is 7.89. The van der Waals surface area contributed by atoms with Gasteiger partial charge in [0.1, 0.15) is 0 Å². The summed E-state index contributed by atoms with van der Waals surface area (Å²) in [5.74, 6) is 0. The Morgan fingerprint density at radius 2 is 2.05 bits per heavy atom. The van der Waals surface area contributed by atoms with Crippen LogP contribution in [0.2, 0.25) is 0 Å². The van der Waals surface area contributed by atoms with Crippen LogP contribution in [0, 0.1) is 0 Å². The fraction of sp³-hybridized carbons (Fsp3) is 0.417. The molecule has 0 amide bonds. The molecule has 1 aromatic heterocycles. The molecule has 1 N–H and O–H groups in total. The van der Waals surface area contributed by atoms with Crippen molar-refractivity contribution < 1.29 is 8.42 Å². The van der Waals surface area contributed by atoms with Crippen molar-refractivity contribution in [1.82, 2.24) is 9.29 Å². The average molecular weight is 300 g/mol. The van der Waals surface area contributed by atoms with E-state index in [1.54, 1.807) is 22.8 Å². The molecule has 7 heteroatoms. The van der Waals surface area contributed by atoms with E-state index in [1.807, 2.05) is 13.8 Å². The van der Waals surface area contributed by atoms with Gasteiger partial charge >= 0.3 is 4.87 Å². The van der Waals surface area contributed by atoms with E-state index in [9.17, 15) is 13.2 Å². The summed E-state index contributed by atoms with van der Waals surface area (Å²) < 4.78 is 28.9. The third-order valence-corrected chi connectivity index (χ3v) is 5.21. The Morgan fingerprint density at radius 3 is 2.68 bits per heavy atom. The number of hydrogen-bond donors (Lipinski definition) is 1. The normalized spacial score (nSPS) is 12.1. The number of thiazole rings is 1. The highest BCUT2D eigenvalue weighted by Crippen LogP contribution is 2.21. The summed E-state index contributed by atoms with van der Waals surface area (Å²) >= 11 is 1.07. The summed E-state index contributed by atoms with van der Waals surface area (Å²) in [5.41, 5.74) is 0.784. The van der Waals surface area contributed by atoms with Crippen molar-refractivity contribution in [3.8, 4) is 0 Å². The summed E-state index contributed by atoms with van der Waals surface area (Å²) in [4.78, 5) is 11.9. The number of fused-ring (bicyclic) bond motifs is 1. The van der Waals surface area contributed by atoms with Crippen LogP contribution in [0.3, 0.4) is 0 Å². The number of hydrogen-bond acceptors (Lipinski definition) is 4. The van der Waals surface area contributed by atoms with E-state index in [-0.39, 0.29) is 9.77 Å². The maximum Gasteiger partial charge on any atom is 0.308 e. The zero-order chi connectivity index (χ0) is 14.0. The van der Waals surface area contributed by atoms with Crippen molar-refractivity contribution in [3.05, 3.63) is 27.9 Å². The fourth-order valence-corrected chi connectivity index (χ4v) is 4.06. The minimum atomic E-state index is -3.48. The van der Waals surface area contributed by atoms with Gasteiger partial charge in [-0.3, -0.25) is 9.36 Å². The topological polar surface area (TPSA) is 68.2 Å². The van der Waals surface area contributed by atoms with Gasteiger partial charge in [0.15, 0.2) is 0 Å². The molecule has 0 fully saturated rings. The molecule has 5 nitrogen and oxygen atoms in total. The van der Waals surface area contributed by atoms with Crippen LogP contribution in [0.1, 0.15) is 20.3 Å². The molecular formula is C12H16N2O3S2. The SMILES string of the molecule is CCCNS(=O)(=O)c1ccc2c(c1)sc(=O)n2CC. The van der Waals surface area contributed by atoms with E-state index in [1.165, 1.54) is 0 Å². The van der Waals surface area contributed by atoms with Gasteiger partial charge in [-0.2, -0.15) is 0 Å². The van der Waals surface area contributed by atoms with Gasteiger partial charge in [-0.1, -0.05) is 18.3 Å². The Morgan fingerprint density at radius 1 is 1.32 bits per heavy atom. The number of nitrogens with zero attached hydrogens (tertiary/aromatic N) is 1. The second kappa shape index (κ2) is 5.44. The maximum absolute atomic E-state index is 12.0. The summed E-state index contributed by atoms with van der Waals surface area (Å²) in [6.45, 7) is 4.78. The number of aromatic nitrogens is 1. The molecule has 19 heavy (non-hydrogen) atoms. The van der Waals surface area contributed by atoms with Crippen LogP contribution >= 0.6 is 11.3 Å². The highest BCUT2D eigenvalue weighted by Gasteiger charge is 2.15. The molecule has 0 aliphatic heterocycles. The highest BCUT2D eigenvalue weighted by atomic mass is 32.2. The second-order valence-corrected chi connectivity index (χ2v) is 6.90. The zero-order valence-corrected chi connectivity index (χ0v) is 12.5.